The lowest BCUT2D eigenvalue weighted by molar-refractivity contribution is 0.191. The van der Waals surface area contributed by atoms with Crippen molar-refractivity contribution in [3.05, 3.63) is 24.0 Å². The van der Waals surface area contributed by atoms with Gasteiger partial charge >= 0.3 is 0 Å². The second-order valence-electron chi connectivity index (χ2n) is 3.15. The molecule has 0 aromatic carbocycles. The van der Waals surface area contributed by atoms with Crippen LogP contribution in [0, 0.1) is 0 Å². The van der Waals surface area contributed by atoms with Crippen molar-refractivity contribution >= 4 is 17.2 Å². The first-order valence-electron chi connectivity index (χ1n) is 4.69. The number of ether oxygens (including phenoxy) is 1. The van der Waals surface area contributed by atoms with Gasteiger partial charge in [0.15, 0.2) is 0 Å². The summed E-state index contributed by atoms with van der Waals surface area (Å²) in [6, 6.07) is 3.91. The van der Waals surface area contributed by atoms with Crippen molar-refractivity contribution in [2.24, 2.45) is 5.73 Å². The van der Waals surface area contributed by atoms with E-state index < -0.39 is 0 Å². The Morgan fingerprint density at radius 1 is 1.57 bits per heavy atom. The summed E-state index contributed by atoms with van der Waals surface area (Å²) >= 11 is 4.94. The molecular formula is C10H16N2OS. The number of aryl methyl sites for hydroxylation is 1. The van der Waals surface area contributed by atoms with E-state index in [1.165, 1.54) is 0 Å². The van der Waals surface area contributed by atoms with Crippen LogP contribution in [0.4, 0.5) is 0 Å². The maximum atomic E-state index is 5.58. The van der Waals surface area contributed by atoms with E-state index in [0.29, 0.717) is 4.99 Å². The highest BCUT2D eigenvalue weighted by atomic mass is 32.1. The number of hydrogen-bond donors (Lipinski definition) is 1. The molecule has 0 aliphatic carbocycles. The van der Waals surface area contributed by atoms with E-state index in [-0.39, 0.29) is 0 Å². The second-order valence-corrected chi connectivity index (χ2v) is 3.59. The lowest BCUT2D eigenvalue weighted by atomic mass is 10.3. The van der Waals surface area contributed by atoms with Crippen LogP contribution in [0.5, 0.6) is 0 Å². The van der Waals surface area contributed by atoms with Crippen LogP contribution in [0.2, 0.25) is 0 Å². The molecule has 0 unspecified atom stereocenters. The van der Waals surface area contributed by atoms with Gasteiger partial charge in [0.2, 0.25) is 0 Å². The third-order valence-electron chi connectivity index (χ3n) is 2.08. The highest BCUT2D eigenvalue weighted by Crippen LogP contribution is 2.04. The van der Waals surface area contributed by atoms with E-state index in [0.717, 1.165) is 31.7 Å². The molecule has 14 heavy (non-hydrogen) atoms. The SMILES string of the molecule is COCCCCn1cccc1C(N)=S. The Morgan fingerprint density at radius 3 is 3.00 bits per heavy atom. The summed E-state index contributed by atoms with van der Waals surface area (Å²) in [6.07, 6.45) is 4.14. The maximum absolute atomic E-state index is 5.58. The molecule has 1 aromatic rings. The van der Waals surface area contributed by atoms with Crippen molar-refractivity contribution in [3.63, 3.8) is 0 Å². The molecule has 0 spiro atoms. The lowest BCUT2D eigenvalue weighted by Gasteiger charge is -2.07. The number of nitrogens with zero attached hydrogens (tertiary/aromatic N) is 1. The van der Waals surface area contributed by atoms with Gasteiger partial charge in [0, 0.05) is 26.5 Å². The largest absolute Gasteiger partial charge is 0.388 e. The predicted octanol–water partition coefficient (Wildman–Crippen LogP) is 1.55. The van der Waals surface area contributed by atoms with Gasteiger partial charge in [-0.05, 0) is 25.0 Å². The van der Waals surface area contributed by atoms with Crippen LogP contribution in [0.1, 0.15) is 18.5 Å². The van der Waals surface area contributed by atoms with Gasteiger partial charge in [-0.3, -0.25) is 0 Å². The van der Waals surface area contributed by atoms with Crippen LogP contribution in [0.15, 0.2) is 18.3 Å². The van der Waals surface area contributed by atoms with E-state index >= 15 is 0 Å². The smallest absolute Gasteiger partial charge is 0.120 e. The van der Waals surface area contributed by atoms with E-state index in [1.54, 1.807) is 7.11 Å². The fourth-order valence-electron chi connectivity index (χ4n) is 1.36. The summed E-state index contributed by atoms with van der Waals surface area (Å²) in [5.41, 5.74) is 6.52. The van der Waals surface area contributed by atoms with E-state index in [2.05, 4.69) is 4.57 Å². The van der Waals surface area contributed by atoms with Crippen LogP contribution in [-0.4, -0.2) is 23.3 Å². The first-order valence-corrected chi connectivity index (χ1v) is 5.10. The molecule has 0 saturated carbocycles. The molecule has 78 valence electrons. The fraction of sp³-hybridized carbons (Fsp3) is 0.500. The van der Waals surface area contributed by atoms with Gasteiger partial charge in [-0.25, -0.2) is 0 Å². The second kappa shape index (κ2) is 5.78. The molecule has 0 radical (unpaired) electrons. The van der Waals surface area contributed by atoms with Gasteiger partial charge in [-0.1, -0.05) is 12.2 Å². The third kappa shape index (κ3) is 3.12. The molecule has 3 nitrogen and oxygen atoms in total. The molecule has 0 atom stereocenters. The first-order chi connectivity index (χ1) is 6.75. The molecule has 0 aliphatic rings. The monoisotopic (exact) mass is 212 g/mol. The summed E-state index contributed by atoms with van der Waals surface area (Å²) in [5, 5.41) is 0. The van der Waals surface area contributed by atoms with Crippen molar-refractivity contribution in [1.82, 2.24) is 4.57 Å². The van der Waals surface area contributed by atoms with Crippen molar-refractivity contribution < 1.29 is 4.74 Å². The molecule has 0 saturated heterocycles. The summed E-state index contributed by atoms with van der Waals surface area (Å²) in [7, 11) is 1.72. The lowest BCUT2D eigenvalue weighted by Crippen LogP contribution is -2.15. The van der Waals surface area contributed by atoms with Gasteiger partial charge in [0.1, 0.15) is 4.99 Å². The zero-order valence-electron chi connectivity index (χ0n) is 8.40. The van der Waals surface area contributed by atoms with Crippen molar-refractivity contribution in [2.45, 2.75) is 19.4 Å². The predicted molar refractivity (Wildman–Crippen MR) is 61.4 cm³/mol. The highest BCUT2D eigenvalue weighted by molar-refractivity contribution is 7.80. The third-order valence-corrected chi connectivity index (χ3v) is 2.29. The Labute approximate surface area is 89.9 Å². The van der Waals surface area contributed by atoms with Gasteiger partial charge < -0.3 is 15.0 Å². The topological polar surface area (TPSA) is 40.2 Å². The van der Waals surface area contributed by atoms with Crippen LogP contribution >= 0.6 is 12.2 Å². The Kier molecular flexibility index (Phi) is 4.62. The van der Waals surface area contributed by atoms with Gasteiger partial charge in [-0.15, -0.1) is 0 Å². The summed E-state index contributed by atoms with van der Waals surface area (Å²) < 4.78 is 7.06. The van der Waals surface area contributed by atoms with Crippen LogP contribution in [-0.2, 0) is 11.3 Å². The van der Waals surface area contributed by atoms with E-state index in [9.17, 15) is 0 Å². The molecule has 0 aliphatic heterocycles. The van der Waals surface area contributed by atoms with Gasteiger partial charge in [-0.2, -0.15) is 0 Å². The minimum atomic E-state index is 0.460. The average Bonchev–Trinajstić information content (AvgIpc) is 2.60. The molecule has 2 N–H and O–H groups in total. The maximum Gasteiger partial charge on any atom is 0.120 e. The normalized spacial score (nSPS) is 10.4. The Morgan fingerprint density at radius 2 is 2.36 bits per heavy atom. The van der Waals surface area contributed by atoms with E-state index in [4.69, 9.17) is 22.7 Å². The molecule has 0 fully saturated rings. The summed E-state index contributed by atoms with van der Waals surface area (Å²) in [6.45, 7) is 1.76. The molecule has 1 aromatic heterocycles. The fourth-order valence-corrected chi connectivity index (χ4v) is 1.55. The quantitative estimate of drug-likeness (QED) is 0.574. The average molecular weight is 212 g/mol. The number of thiocarbonyl (C=S) groups is 1. The standard InChI is InChI=1S/C10H16N2OS/c1-13-8-3-2-6-12-7-4-5-9(12)10(11)14/h4-5,7H,2-3,6,8H2,1H3,(H2,11,14). The molecular weight excluding hydrogens is 196 g/mol. The zero-order valence-corrected chi connectivity index (χ0v) is 9.22. The van der Waals surface area contributed by atoms with Crippen LogP contribution in [0.25, 0.3) is 0 Å². The van der Waals surface area contributed by atoms with Crippen molar-refractivity contribution in [3.8, 4) is 0 Å². The molecule has 0 amide bonds. The Hall–Kier alpha value is -0.870. The number of rotatable bonds is 6. The van der Waals surface area contributed by atoms with E-state index in [1.807, 2.05) is 18.3 Å². The minimum Gasteiger partial charge on any atom is -0.388 e. The number of methoxy groups -OCH3 is 1. The van der Waals surface area contributed by atoms with Crippen LogP contribution in [0.3, 0.4) is 0 Å². The van der Waals surface area contributed by atoms with Gasteiger partial charge in [0.25, 0.3) is 0 Å². The van der Waals surface area contributed by atoms with Crippen molar-refractivity contribution in [1.29, 1.82) is 0 Å². The number of hydrogen-bond acceptors (Lipinski definition) is 2. The molecule has 4 heteroatoms. The number of aromatic nitrogens is 1. The van der Waals surface area contributed by atoms with Crippen molar-refractivity contribution in [2.75, 3.05) is 13.7 Å². The first kappa shape index (κ1) is 11.2. The minimum absolute atomic E-state index is 0.460. The Balaban J connectivity index is 2.42. The molecule has 1 heterocycles. The van der Waals surface area contributed by atoms with Gasteiger partial charge in [0.05, 0.1) is 5.69 Å². The molecule has 0 bridgehead atoms. The molecule has 1 rings (SSSR count). The number of nitrogens with two attached hydrogens (primary N) is 1. The highest BCUT2D eigenvalue weighted by Gasteiger charge is 2.02. The number of unbranched alkanes of at least 4 members (excludes halogenated alkanes) is 1. The zero-order chi connectivity index (χ0) is 10.4. The van der Waals surface area contributed by atoms with Crippen LogP contribution < -0.4 is 5.73 Å². The summed E-state index contributed by atoms with van der Waals surface area (Å²) in [5.74, 6) is 0. The Bertz CT molecular complexity index is 296. The summed E-state index contributed by atoms with van der Waals surface area (Å²) in [4.78, 5) is 0.460.